The predicted octanol–water partition coefficient (Wildman–Crippen LogP) is 2.93. The van der Waals surface area contributed by atoms with Crippen LogP contribution in [0.2, 0.25) is 0 Å². The molecule has 1 aliphatic heterocycles. The summed E-state index contributed by atoms with van der Waals surface area (Å²) in [4.78, 5) is 31.2. The van der Waals surface area contributed by atoms with Gasteiger partial charge in [0, 0.05) is 42.9 Å². The summed E-state index contributed by atoms with van der Waals surface area (Å²) in [6, 6.07) is 9.95. The summed E-state index contributed by atoms with van der Waals surface area (Å²) in [5, 5.41) is 17.0. The first-order chi connectivity index (χ1) is 15.9. The standard InChI is InChI=1S/C24H26N6O3/c1-3-28-14-19(23(33)29-9-4-5-10-29)18-12-16(6-7-20(18)28)17-8-11-30-21(13-17)25-24(27-30)26-22(32)15(2)31/h6-8,11-15,31H,3-5,9-10H2,1-2H3,(H,26,27,32). The van der Waals surface area contributed by atoms with Gasteiger partial charge < -0.3 is 14.6 Å². The second-order valence-electron chi connectivity index (χ2n) is 8.38. The van der Waals surface area contributed by atoms with Gasteiger partial charge in [-0.25, -0.2) is 4.52 Å². The lowest BCUT2D eigenvalue weighted by molar-refractivity contribution is -0.123. The average Bonchev–Trinajstić information content (AvgIpc) is 3.55. The molecule has 33 heavy (non-hydrogen) atoms. The number of fused-ring (bicyclic) bond motifs is 2. The highest BCUT2D eigenvalue weighted by Crippen LogP contribution is 2.30. The molecule has 0 bridgehead atoms. The first-order valence-electron chi connectivity index (χ1n) is 11.2. The van der Waals surface area contributed by atoms with Gasteiger partial charge in [-0.2, -0.15) is 4.98 Å². The molecule has 1 unspecified atom stereocenters. The number of nitrogens with one attached hydrogen (secondary N) is 1. The summed E-state index contributed by atoms with van der Waals surface area (Å²) >= 11 is 0. The number of rotatable bonds is 5. The van der Waals surface area contributed by atoms with Crippen molar-refractivity contribution in [3.05, 3.63) is 48.3 Å². The number of aliphatic hydroxyl groups is 1. The van der Waals surface area contributed by atoms with E-state index in [1.807, 2.05) is 29.3 Å². The van der Waals surface area contributed by atoms with Crippen LogP contribution in [0, 0.1) is 0 Å². The normalized spacial score (nSPS) is 14.8. The maximum Gasteiger partial charge on any atom is 0.256 e. The molecule has 0 saturated carbocycles. The Morgan fingerprint density at radius 1 is 1.15 bits per heavy atom. The van der Waals surface area contributed by atoms with E-state index in [0.29, 0.717) is 5.65 Å². The van der Waals surface area contributed by atoms with Gasteiger partial charge in [-0.05, 0) is 62.1 Å². The maximum atomic E-state index is 13.2. The first kappa shape index (κ1) is 21.1. The lowest BCUT2D eigenvalue weighted by Gasteiger charge is -2.14. The van der Waals surface area contributed by atoms with Crippen LogP contribution in [0.25, 0.3) is 27.7 Å². The summed E-state index contributed by atoms with van der Waals surface area (Å²) in [5.41, 5.74) is 4.23. The minimum Gasteiger partial charge on any atom is -0.384 e. The second kappa shape index (κ2) is 8.32. The van der Waals surface area contributed by atoms with Crippen LogP contribution in [0.4, 0.5) is 5.95 Å². The number of amides is 2. The molecule has 170 valence electrons. The number of carbonyl (C=O) groups is 2. The van der Waals surface area contributed by atoms with E-state index in [1.165, 1.54) is 6.92 Å². The van der Waals surface area contributed by atoms with E-state index in [4.69, 9.17) is 0 Å². The van der Waals surface area contributed by atoms with Gasteiger partial charge in [0.25, 0.3) is 11.8 Å². The monoisotopic (exact) mass is 446 g/mol. The Morgan fingerprint density at radius 3 is 2.64 bits per heavy atom. The van der Waals surface area contributed by atoms with E-state index < -0.39 is 12.0 Å². The lowest BCUT2D eigenvalue weighted by Crippen LogP contribution is -2.27. The highest BCUT2D eigenvalue weighted by atomic mass is 16.3. The van der Waals surface area contributed by atoms with Crippen molar-refractivity contribution in [1.82, 2.24) is 24.1 Å². The Kier molecular flexibility index (Phi) is 5.33. The molecule has 0 spiro atoms. The SMILES string of the molecule is CCn1cc(C(=O)N2CCCC2)c2cc(-c3ccn4nc(NC(=O)C(C)O)nc4c3)ccc21. The van der Waals surface area contributed by atoms with Crippen LogP contribution >= 0.6 is 0 Å². The molecule has 4 heterocycles. The smallest absolute Gasteiger partial charge is 0.256 e. The molecule has 1 atom stereocenters. The predicted molar refractivity (Wildman–Crippen MR) is 125 cm³/mol. The van der Waals surface area contributed by atoms with Gasteiger partial charge in [0.05, 0.1) is 5.56 Å². The molecule has 4 aromatic rings. The fraction of sp³-hybridized carbons (Fsp3) is 0.333. The highest BCUT2D eigenvalue weighted by molar-refractivity contribution is 6.08. The number of nitrogens with zero attached hydrogens (tertiary/aromatic N) is 5. The summed E-state index contributed by atoms with van der Waals surface area (Å²) < 4.78 is 3.68. The topological polar surface area (TPSA) is 105 Å². The third-order valence-electron chi connectivity index (χ3n) is 6.13. The van der Waals surface area contributed by atoms with E-state index in [9.17, 15) is 14.7 Å². The number of hydrogen-bond acceptors (Lipinski definition) is 5. The van der Waals surface area contributed by atoms with Crippen molar-refractivity contribution < 1.29 is 14.7 Å². The molecule has 1 aliphatic rings. The molecule has 0 radical (unpaired) electrons. The third kappa shape index (κ3) is 3.84. The van der Waals surface area contributed by atoms with Crippen molar-refractivity contribution in [1.29, 1.82) is 0 Å². The highest BCUT2D eigenvalue weighted by Gasteiger charge is 2.23. The number of aliphatic hydroxyl groups excluding tert-OH is 1. The molecular formula is C24H26N6O3. The van der Waals surface area contributed by atoms with Gasteiger partial charge in [0.15, 0.2) is 5.65 Å². The van der Waals surface area contributed by atoms with Crippen molar-refractivity contribution in [2.45, 2.75) is 39.3 Å². The zero-order valence-corrected chi connectivity index (χ0v) is 18.7. The molecule has 3 aromatic heterocycles. The maximum absolute atomic E-state index is 13.2. The van der Waals surface area contributed by atoms with E-state index in [1.54, 1.807) is 10.7 Å². The van der Waals surface area contributed by atoms with Gasteiger partial charge >= 0.3 is 0 Å². The molecule has 1 aromatic carbocycles. The molecular weight excluding hydrogens is 420 g/mol. The molecule has 2 amide bonds. The van der Waals surface area contributed by atoms with Gasteiger partial charge in [-0.15, -0.1) is 5.10 Å². The Hall–Kier alpha value is -3.72. The number of anilines is 1. The Morgan fingerprint density at radius 2 is 1.91 bits per heavy atom. The Labute approximate surface area is 190 Å². The van der Waals surface area contributed by atoms with Crippen LogP contribution < -0.4 is 5.32 Å². The minimum absolute atomic E-state index is 0.0910. The van der Waals surface area contributed by atoms with Crippen LogP contribution in [0.3, 0.4) is 0 Å². The van der Waals surface area contributed by atoms with Crippen molar-refractivity contribution in [3.63, 3.8) is 0 Å². The third-order valence-corrected chi connectivity index (χ3v) is 6.13. The number of aromatic nitrogens is 4. The van der Waals surface area contributed by atoms with Crippen molar-refractivity contribution in [2.24, 2.45) is 0 Å². The lowest BCUT2D eigenvalue weighted by atomic mass is 10.0. The number of hydrogen-bond donors (Lipinski definition) is 2. The number of likely N-dealkylation sites (tertiary alicyclic amines) is 1. The van der Waals surface area contributed by atoms with Gasteiger partial charge in [0.2, 0.25) is 5.95 Å². The molecule has 0 aliphatic carbocycles. The van der Waals surface area contributed by atoms with Crippen molar-refractivity contribution in [3.8, 4) is 11.1 Å². The summed E-state index contributed by atoms with van der Waals surface area (Å²) in [6.45, 7) is 5.87. The molecule has 5 rings (SSSR count). The molecule has 1 saturated heterocycles. The van der Waals surface area contributed by atoms with E-state index >= 15 is 0 Å². The summed E-state index contributed by atoms with van der Waals surface area (Å²) in [7, 11) is 0. The zero-order chi connectivity index (χ0) is 23.1. The van der Waals surface area contributed by atoms with E-state index in [0.717, 1.165) is 60.1 Å². The largest absolute Gasteiger partial charge is 0.384 e. The van der Waals surface area contributed by atoms with Crippen molar-refractivity contribution >= 4 is 34.3 Å². The van der Waals surface area contributed by atoms with Crippen LogP contribution in [0.1, 0.15) is 37.0 Å². The minimum atomic E-state index is -1.15. The van der Waals surface area contributed by atoms with E-state index in [-0.39, 0.29) is 11.9 Å². The van der Waals surface area contributed by atoms with Gasteiger partial charge in [-0.1, -0.05) is 6.07 Å². The zero-order valence-electron chi connectivity index (χ0n) is 18.7. The van der Waals surface area contributed by atoms with Crippen LogP contribution in [-0.4, -0.2) is 60.2 Å². The fourth-order valence-electron chi connectivity index (χ4n) is 4.33. The number of carbonyl (C=O) groups excluding carboxylic acids is 2. The van der Waals surface area contributed by atoms with Crippen molar-refractivity contribution in [2.75, 3.05) is 18.4 Å². The fourth-order valence-corrected chi connectivity index (χ4v) is 4.33. The summed E-state index contributed by atoms with van der Waals surface area (Å²) in [6.07, 6.45) is 4.70. The van der Waals surface area contributed by atoms with E-state index in [2.05, 4.69) is 39.0 Å². The van der Waals surface area contributed by atoms with Crippen LogP contribution in [-0.2, 0) is 11.3 Å². The van der Waals surface area contributed by atoms with Gasteiger partial charge in [0.1, 0.15) is 6.10 Å². The molecule has 2 N–H and O–H groups in total. The number of pyridine rings is 1. The summed E-state index contributed by atoms with van der Waals surface area (Å²) in [5.74, 6) is -0.340. The molecule has 9 nitrogen and oxygen atoms in total. The number of benzene rings is 1. The van der Waals surface area contributed by atoms with Crippen LogP contribution in [0.5, 0.6) is 0 Å². The van der Waals surface area contributed by atoms with Crippen LogP contribution in [0.15, 0.2) is 42.7 Å². The molecule has 9 heteroatoms. The average molecular weight is 447 g/mol. The van der Waals surface area contributed by atoms with Gasteiger partial charge in [-0.3, -0.25) is 14.9 Å². The Balaban J connectivity index is 1.53. The first-order valence-corrected chi connectivity index (χ1v) is 11.2. The number of aryl methyl sites for hydroxylation is 1. The Bertz CT molecular complexity index is 1360. The molecule has 1 fully saturated rings. The second-order valence-corrected chi connectivity index (χ2v) is 8.38. The quantitative estimate of drug-likeness (QED) is 0.491.